The summed E-state index contributed by atoms with van der Waals surface area (Å²) < 4.78 is 35.6. The molecule has 0 spiro atoms. The minimum Gasteiger partial charge on any atom is -0.493 e. The molecule has 0 aliphatic rings. The van der Waals surface area contributed by atoms with E-state index in [0.717, 1.165) is 6.26 Å². The van der Waals surface area contributed by atoms with Gasteiger partial charge < -0.3 is 14.6 Å². The molecule has 2 aromatic carbocycles. The predicted molar refractivity (Wildman–Crippen MR) is 100 cm³/mol. The Morgan fingerprint density at radius 2 is 1.85 bits per heavy atom. The molecule has 8 heteroatoms. The van der Waals surface area contributed by atoms with E-state index in [1.165, 1.54) is 26.4 Å². The zero-order valence-corrected chi connectivity index (χ0v) is 15.3. The molecule has 0 aromatic heterocycles. The summed E-state index contributed by atoms with van der Waals surface area (Å²) in [6.45, 7) is 0. The van der Waals surface area contributed by atoms with Crippen LogP contribution in [0.15, 0.2) is 36.4 Å². The molecule has 0 amide bonds. The average Bonchev–Trinajstić information content (AvgIpc) is 2.57. The van der Waals surface area contributed by atoms with Crippen LogP contribution in [0.4, 0.5) is 5.69 Å². The first-order chi connectivity index (χ1) is 12.2. The van der Waals surface area contributed by atoms with Crippen LogP contribution in [0, 0.1) is 0 Å². The number of carboxylic acid groups (broad SMARTS) is 1. The van der Waals surface area contributed by atoms with E-state index in [0.29, 0.717) is 28.3 Å². The molecule has 2 aromatic rings. The third kappa shape index (κ3) is 4.76. The van der Waals surface area contributed by atoms with Gasteiger partial charge in [0.15, 0.2) is 11.5 Å². The average molecular weight is 377 g/mol. The number of nitrogens with one attached hydrogen (secondary N) is 1. The molecule has 2 N–H and O–H groups in total. The van der Waals surface area contributed by atoms with Gasteiger partial charge in [-0.25, -0.2) is 13.2 Å². The topological polar surface area (TPSA) is 102 Å². The summed E-state index contributed by atoms with van der Waals surface area (Å²) in [5.74, 6) is -0.392. The van der Waals surface area contributed by atoms with Crippen molar-refractivity contribution in [3.05, 3.63) is 53.1 Å². The zero-order valence-electron chi connectivity index (χ0n) is 14.5. The van der Waals surface area contributed by atoms with Crippen molar-refractivity contribution >= 4 is 33.8 Å². The van der Waals surface area contributed by atoms with Crippen molar-refractivity contribution in [2.45, 2.75) is 0 Å². The minimum atomic E-state index is -3.39. The lowest BCUT2D eigenvalue weighted by Crippen LogP contribution is -2.09. The number of sulfonamides is 1. The van der Waals surface area contributed by atoms with Crippen molar-refractivity contribution in [2.75, 3.05) is 25.2 Å². The maximum atomic E-state index is 11.5. The normalized spacial score (nSPS) is 11.3. The number of rotatable bonds is 7. The first-order valence-electron chi connectivity index (χ1n) is 7.49. The molecule has 7 nitrogen and oxygen atoms in total. The Bertz CT molecular complexity index is 950. The number of benzene rings is 2. The van der Waals surface area contributed by atoms with Gasteiger partial charge in [0.1, 0.15) is 0 Å². The molecule has 0 aliphatic heterocycles. The molecule has 0 bridgehead atoms. The van der Waals surface area contributed by atoms with Crippen LogP contribution in [0.2, 0.25) is 0 Å². The van der Waals surface area contributed by atoms with Crippen molar-refractivity contribution in [1.82, 2.24) is 0 Å². The molecule has 0 heterocycles. The van der Waals surface area contributed by atoms with Gasteiger partial charge in [0, 0.05) is 11.3 Å². The summed E-state index contributed by atoms with van der Waals surface area (Å²) in [7, 11) is -0.495. The van der Waals surface area contributed by atoms with E-state index in [4.69, 9.17) is 9.47 Å². The van der Waals surface area contributed by atoms with Crippen molar-refractivity contribution in [2.24, 2.45) is 0 Å². The van der Waals surface area contributed by atoms with E-state index in [2.05, 4.69) is 4.72 Å². The number of hydrogen-bond acceptors (Lipinski definition) is 5. The standard InChI is InChI=1S/C18H19NO6S/c1-24-16-10-9-15(18(20)21)14(17(16)25-2)8-7-12-5-4-6-13(11-12)19-26(3,22)23/h4-11,19H,1-3H3,(H,20,21). The SMILES string of the molecule is COc1ccc(C(=O)O)c(C=Cc2cccc(NS(C)(=O)=O)c2)c1OC. The second-order valence-electron chi connectivity index (χ2n) is 5.40. The number of carbonyl (C=O) groups is 1. The summed E-state index contributed by atoms with van der Waals surface area (Å²) in [5.41, 5.74) is 1.50. The van der Waals surface area contributed by atoms with Gasteiger partial charge in [-0.1, -0.05) is 18.2 Å². The summed E-state index contributed by atoms with van der Waals surface area (Å²) >= 11 is 0. The van der Waals surface area contributed by atoms with Gasteiger partial charge in [0.25, 0.3) is 0 Å². The molecule has 0 saturated carbocycles. The number of carboxylic acids is 1. The summed E-state index contributed by atoms with van der Waals surface area (Å²) in [4.78, 5) is 11.5. The molecular formula is C18H19NO6S. The quantitative estimate of drug-likeness (QED) is 0.720. The number of hydrogen-bond donors (Lipinski definition) is 2. The van der Waals surface area contributed by atoms with Crippen molar-refractivity contribution < 1.29 is 27.8 Å². The van der Waals surface area contributed by atoms with Gasteiger partial charge in [0.05, 0.1) is 26.0 Å². The molecule has 0 atom stereocenters. The lowest BCUT2D eigenvalue weighted by molar-refractivity contribution is 0.0696. The van der Waals surface area contributed by atoms with Crippen LogP contribution in [0.1, 0.15) is 21.5 Å². The van der Waals surface area contributed by atoms with Gasteiger partial charge in [0.2, 0.25) is 10.0 Å². The van der Waals surface area contributed by atoms with E-state index < -0.39 is 16.0 Å². The van der Waals surface area contributed by atoms with E-state index in [9.17, 15) is 18.3 Å². The Morgan fingerprint density at radius 3 is 2.42 bits per heavy atom. The fourth-order valence-corrected chi connectivity index (χ4v) is 2.96. The summed E-state index contributed by atoms with van der Waals surface area (Å²) in [6, 6.07) is 9.66. The first-order valence-corrected chi connectivity index (χ1v) is 9.38. The van der Waals surface area contributed by atoms with Crippen molar-refractivity contribution in [3.8, 4) is 11.5 Å². The van der Waals surface area contributed by atoms with E-state index in [1.807, 2.05) is 0 Å². The molecule has 0 saturated heterocycles. The number of methoxy groups -OCH3 is 2. The monoisotopic (exact) mass is 377 g/mol. The van der Waals surface area contributed by atoms with E-state index in [1.54, 1.807) is 36.4 Å². The van der Waals surface area contributed by atoms with Crippen molar-refractivity contribution in [3.63, 3.8) is 0 Å². The molecular weight excluding hydrogens is 358 g/mol. The van der Waals surface area contributed by atoms with Gasteiger partial charge >= 0.3 is 5.97 Å². The van der Waals surface area contributed by atoms with Crippen LogP contribution in [-0.4, -0.2) is 40.0 Å². The molecule has 0 radical (unpaired) electrons. The smallest absolute Gasteiger partial charge is 0.336 e. The number of anilines is 1. The molecule has 2 rings (SSSR count). The van der Waals surface area contributed by atoms with Crippen LogP contribution in [0.5, 0.6) is 11.5 Å². The lowest BCUT2D eigenvalue weighted by atomic mass is 10.0. The molecule has 0 fully saturated rings. The molecule has 0 unspecified atom stereocenters. The van der Waals surface area contributed by atoms with Crippen molar-refractivity contribution in [1.29, 1.82) is 0 Å². The van der Waals surface area contributed by atoms with E-state index >= 15 is 0 Å². The first kappa shape index (κ1) is 19.3. The minimum absolute atomic E-state index is 0.0596. The predicted octanol–water partition coefficient (Wildman–Crippen LogP) is 2.94. The molecule has 138 valence electrons. The summed E-state index contributed by atoms with van der Waals surface area (Å²) in [5, 5.41) is 9.41. The number of ether oxygens (including phenoxy) is 2. The van der Waals surface area contributed by atoms with Gasteiger partial charge in [-0.05, 0) is 35.9 Å². The van der Waals surface area contributed by atoms with Crippen LogP contribution in [0.3, 0.4) is 0 Å². The fourth-order valence-electron chi connectivity index (χ4n) is 2.40. The Kier molecular flexibility index (Phi) is 5.89. The Balaban J connectivity index is 2.47. The van der Waals surface area contributed by atoms with Gasteiger partial charge in [-0.3, -0.25) is 4.72 Å². The highest BCUT2D eigenvalue weighted by Gasteiger charge is 2.17. The maximum absolute atomic E-state index is 11.5. The maximum Gasteiger partial charge on any atom is 0.336 e. The zero-order chi connectivity index (χ0) is 19.3. The highest BCUT2D eigenvalue weighted by Crippen LogP contribution is 2.35. The highest BCUT2D eigenvalue weighted by molar-refractivity contribution is 7.92. The third-order valence-corrected chi connectivity index (χ3v) is 4.05. The molecule has 0 aliphatic carbocycles. The Labute approximate surface area is 151 Å². The summed E-state index contributed by atoms with van der Waals surface area (Å²) in [6.07, 6.45) is 4.32. The van der Waals surface area contributed by atoms with Gasteiger partial charge in [-0.2, -0.15) is 0 Å². The van der Waals surface area contributed by atoms with Crippen LogP contribution in [-0.2, 0) is 10.0 Å². The third-order valence-electron chi connectivity index (χ3n) is 3.45. The largest absolute Gasteiger partial charge is 0.493 e. The van der Waals surface area contributed by atoms with Gasteiger partial charge in [-0.15, -0.1) is 0 Å². The number of aromatic carboxylic acids is 1. The Hall–Kier alpha value is -3.00. The lowest BCUT2D eigenvalue weighted by Gasteiger charge is -2.12. The Morgan fingerprint density at radius 1 is 1.12 bits per heavy atom. The van der Waals surface area contributed by atoms with E-state index in [-0.39, 0.29) is 5.56 Å². The van der Waals surface area contributed by atoms with Crippen LogP contribution < -0.4 is 14.2 Å². The molecule has 26 heavy (non-hydrogen) atoms. The van der Waals surface area contributed by atoms with Crippen LogP contribution >= 0.6 is 0 Å². The second kappa shape index (κ2) is 7.92. The highest BCUT2D eigenvalue weighted by atomic mass is 32.2. The second-order valence-corrected chi connectivity index (χ2v) is 7.15. The van der Waals surface area contributed by atoms with Crippen LogP contribution in [0.25, 0.3) is 12.2 Å². The fraction of sp³-hybridized carbons (Fsp3) is 0.167.